The predicted molar refractivity (Wildman–Crippen MR) is 79.7 cm³/mol. The van der Waals surface area contributed by atoms with Crippen LogP contribution in [0.3, 0.4) is 0 Å². The summed E-state index contributed by atoms with van der Waals surface area (Å²) in [5.74, 6) is 0.576. The van der Waals surface area contributed by atoms with Crippen molar-refractivity contribution in [3.05, 3.63) is 41.5 Å². The molecular weight excluding hydrogens is 220 g/mol. The first-order valence-electron chi connectivity index (χ1n) is 6.82. The van der Waals surface area contributed by atoms with Crippen molar-refractivity contribution in [2.75, 3.05) is 6.61 Å². The topological polar surface area (TPSA) is 20.2 Å². The molecule has 0 radical (unpaired) electrons. The highest BCUT2D eigenvalue weighted by atomic mass is 16.3. The maximum atomic E-state index is 9.18. The fourth-order valence-electron chi connectivity index (χ4n) is 1.79. The molecule has 0 spiro atoms. The second-order valence-electron chi connectivity index (χ2n) is 6.09. The van der Waals surface area contributed by atoms with Crippen LogP contribution in [0.25, 0.3) is 6.08 Å². The van der Waals surface area contributed by atoms with Gasteiger partial charge in [-0.15, -0.1) is 0 Å². The molecule has 0 aliphatic carbocycles. The smallest absolute Gasteiger partial charge is 0.0482 e. The van der Waals surface area contributed by atoms with Crippen molar-refractivity contribution < 1.29 is 5.11 Å². The van der Waals surface area contributed by atoms with Gasteiger partial charge in [-0.05, 0) is 35.3 Å². The molecule has 0 fully saturated rings. The number of rotatable bonds is 6. The average molecular weight is 246 g/mol. The highest BCUT2D eigenvalue weighted by Crippen LogP contribution is 2.22. The van der Waals surface area contributed by atoms with Crippen LogP contribution in [0.1, 0.15) is 57.6 Å². The van der Waals surface area contributed by atoms with Crippen LogP contribution in [0, 0.1) is 5.41 Å². The van der Waals surface area contributed by atoms with E-state index in [2.05, 4.69) is 64.1 Å². The lowest BCUT2D eigenvalue weighted by atomic mass is 9.89. The van der Waals surface area contributed by atoms with Gasteiger partial charge >= 0.3 is 0 Å². The Labute approximate surface area is 112 Å². The normalized spacial score (nSPS) is 12.6. The van der Waals surface area contributed by atoms with Gasteiger partial charge in [0.2, 0.25) is 0 Å². The van der Waals surface area contributed by atoms with Crippen molar-refractivity contribution in [2.45, 2.75) is 46.5 Å². The number of hydrogen-bond donors (Lipinski definition) is 1. The van der Waals surface area contributed by atoms with Crippen molar-refractivity contribution in [2.24, 2.45) is 5.41 Å². The number of aliphatic hydroxyl groups is 1. The number of allylic oxidation sites excluding steroid dienone is 1. The Kier molecular flexibility index (Phi) is 5.61. The number of aliphatic hydroxyl groups excluding tert-OH is 1. The fraction of sp³-hybridized carbons (Fsp3) is 0.529. The molecule has 1 heteroatoms. The minimum Gasteiger partial charge on any atom is -0.396 e. The zero-order chi connectivity index (χ0) is 13.6. The monoisotopic (exact) mass is 246 g/mol. The molecule has 0 saturated carbocycles. The van der Waals surface area contributed by atoms with Gasteiger partial charge in [0, 0.05) is 6.61 Å². The minimum absolute atomic E-state index is 0.0319. The van der Waals surface area contributed by atoms with Crippen LogP contribution < -0.4 is 0 Å². The van der Waals surface area contributed by atoms with Gasteiger partial charge in [0.1, 0.15) is 0 Å². The van der Waals surface area contributed by atoms with Crippen LogP contribution in [-0.2, 0) is 0 Å². The molecule has 0 atom stereocenters. The van der Waals surface area contributed by atoms with Crippen LogP contribution in [-0.4, -0.2) is 11.7 Å². The average Bonchev–Trinajstić information content (AvgIpc) is 2.35. The Morgan fingerprint density at radius 1 is 1.28 bits per heavy atom. The summed E-state index contributed by atoms with van der Waals surface area (Å²) in [5.41, 5.74) is 2.68. The SMILES string of the molecule is CC(C)c1cccc(/C=C/CCC(C)(C)CO)c1. The molecule has 1 aromatic rings. The van der Waals surface area contributed by atoms with Gasteiger partial charge in [-0.2, -0.15) is 0 Å². The lowest BCUT2D eigenvalue weighted by Gasteiger charge is -2.19. The zero-order valence-electron chi connectivity index (χ0n) is 12.1. The summed E-state index contributed by atoms with van der Waals surface area (Å²) in [6, 6.07) is 8.68. The first-order chi connectivity index (χ1) is 8.44. The van der Waals surface area contributed by atoms with E-state index in [1.165, 1.54) is 11.1 Å². The van der Waals surface area contributed by atoms with Gasteiger partial charge in [0.25, 0.3) is 0 Å². The van der Waals surface area contributed by atoms with Crippen LogP contribution in [0.2, 0.25) is 0 Å². The lowest BCUT2D eigenvalue weighted by molar-refractivity contribution is 0.151. The van der Waals surface area contributed by atoms with Crippen LogP contribution in [0.15, 0.2) is 30.3 Å². The fourth-order valence-corrected chi connectivity index (χ4v) is 1.79. The molecule has 1 nitrogen and oxygen atoms in total. The van der Waals surface area contributed by atoms with E-state index < -0.39 is 0 Å². The highest BCUT2D eigenvalue weighted by molar-refractivity contribution is 5.50. The Morgan fingerprint density at radius 3 is 2.61 bits per heavy atom. The molecule has 0 heterocycles. The Bertz CT molecular complexity index is 388. The molecule has 100 valence electrons. The van der Waals surface area contributed by atoms with Gasteiger partial charge < -0.3 is 5.11 Å². The molecule has 0 aliphatic heterocycles. The number of hydrogen-bond acceptors (Lipinski definition) is 1. The van der Waals surface area contributed by atoms with Gasteiger partial charge in [-0.1, -0.05) is 64.1 Å². The van der Waals surface area contributed by atoms with Crippen molar-refractivity contribution >= 4 is 6.08 Å². The van der Waals surface area contributed by atoms with E-state index in [-0.39, 0.29) is 12.0 Å². The zero-order valence-corrected chi connectivity index (χ0v) is 12.1. The maximum Gasteiger partial charge on any atom is 0.0482 e. The molecule has 0 unspecified atom stereocenters. The largest absolute Gasteiger partial charge is 0.396 e. The standard InChI is InChI=1S/C17H26O/c1-14(2)16-10-7-9-15(12-16)8-5-6-11-17(3,4)13-18/h5,7-10,12,14,18H,6,11,13H2,1-4H3/b8-5+. The van der Waals surface area contributed by atoms with Gasteiger partial charge in [-0.3, -0.25) is 0 Å². The summed E-state index contributed by atoms with van der Waals surface area (Å²) in [7, 11) is 0. The Morgan fingerprint density at radius 2 is 2.00 bits per heavy atom. The quantitative estimate of drug-likeness (QED) is 0.776. The summed E-state index contributed by atoms with van der Waals surface area (Å²) >= 11 is 0. The second-order valence-corrected chi connectivity index (χ2v) is 6.09. The third-order valence-corrected chi connectivity index (χ3v) is 3.30. The highest BCUT2D eigenvalue weighted by Gasteiger charge is 2.14. The van der Waals surface area contributed by atoms with Gasteiger partial charge in [0.15, 0.2) is 0 Å². The van der Waals surface area contributed by atoms with Gasteiger partial charge in [-0.25, -0.2) is 0 Å². The first kappa shape index (κ1) is 15.0. The van der Waals surface area contributed by atoms with E-state index in [9.17, 15) is 5.11 Å². The second kappa shape index (κ2) is 6.75. The van der Waals surface area contributed by atoms with Crippen LogP contribution in [0.4, 0.5) is 0 Å². The number of benzene rings is 1. The molecular formula is C17H26O. The molecule has 0 aliphatic rings. The molecule has 1 rings (SSSR count). The summed E-state index contributed by atoms with van der Waals surface area (Å²) in [4.78, 5) is 0. The molecule has 1 N–H and O–H groups in total. The molecule has 0 amide bonds. The predicted octanol–water partition coefficient (Wildman–Crippen LogP) is 4.62. The van der Waals surface area contributed by atoms with Crippen LogP contribution >= 0.6 is 0 Å². The van der Waals surface area contributed by atoms with Crippen LogP contribution in [0.5, 0.6) is 0 Å². The van der Waals surface area contributed by atoms with E-state index in [4.69, 9.17) is 0 Å². The molecule has 0 bridgehead atoms. The Hall–Kier alpha value is -1.08. The van der Waals surface area contributed by atoms with Gasteiger partial charge in [0.05, 0.1) is 0 Å². The van der Waals surface area contributed by atoms with E-state index >= 15 is 0 Å². The van der Waals surface area contributed by atoms with Crippen molar-refractivity contribution in [3.63, 3.8) is 0 Å². The third kappa shape index (κ3) is 5.05. The summed E-state index contributed by atoms with van der Waals surface area (Å²) in [6.45, 7) is 8.88. The van der Waals surface area contributed by atoms with E-state index in [1.807, 2.05) is 0 Å². The van der Waals surface area contributed by atoms with Crippen molar-refractivity contribution in [1.82, 2.24) is 0 Å². The van der Waals surface area contributed by atoms with E-state index in [0.29, 0.717) is 5.92 Å². The van der Waals surface area contributed by atoms with Crippen molar-refractivity contribution in [1.29, 1.82) is 0 Å². The minimum atomic E-state index is 0.0319. The third-order valence-electron chi connectivity index (χ3n) is 3.30. The summed E-state index contributed by atoms with van der Waals surface area (Å²) < 4.78 is 0. The summed E-state index contributed by atoms with van der Waals surface area (Å²) in [6.07, 6.45) is 6.42. The Balaban J connectivity index is 2.54. The van der Waals surface area contributed by atoms with E-state index in [1.54, 1.807) is 0 Å². The maximum absolute atomic E-state index is 9.18. The molecule has 0 aromatic heterocycles. The lowest BCUT2D eigenvalue weighted by Crippen LogP contribution is -2.15. The molecule has 0 saturated heterocycles. The molecule has 1 aromatic carbocycles. The molecule has 18 heavy (non-hydrogen) atoms. The van der Waals surface area contributed by atoms with E-state index in [0.717, 1.165) is 12.8 Å². The first-order valence-corrected chi connectivity index (χ1v) is 6.82. The summed E-state index contributed by atoms with van der Waals surface area (Å²) in [5, 5.41) is 9.18. The van der Waals surface area contributed by atoms with Crippen molar-refractivity contribution in [3.8, 4) is 0 Å².